The summed E-state index contributed by atoms with van der Waals surface area (Å²) in [5.41, 5.74) is 0.891. The molecule has 0 spiro atoms. The number of ether oxygens (including phenoxy) is 2. The van der Waals surface area contributed by atoms with Gasteiger partial charge in [-0.1, -0.05) is 30.3 Å². The number of ketones is 1. The van der Waals surface area contributed by atoms with E-state index in [0.717, 1.165) is 3.97 Å². The van der Waals surface area contributed by atoms with E-state index in [2.05, 4.69) is 4.98 Å². The van der Waals surface area contributed by atoms with Crippen LogP contribution in [-0.4, -0.2) is 37.4 Å². The second kappa shape index (κ2) is 7.64. The van der Waals surface area contributed by atoms with Gasteiger partial charge in [0.25, 0.3) is 10.0 Å². The largest absolute Gasteiger partial charge is 0.497 e. The molecule has 0 aliphatic carbocycles. The summed E-state index contributed by atoms with van der Waals surface area (Å²) >= 11 is 0. The zero-order chi connectivity index (χ0) is 21.3. The number of hydrogen-bond donors (Lipinski definition) is 0. The first-order valence-corrected chi connectivity index (χ1v) is 10.5. The van der Waals surface area contributed by atoms with Crippen LogP contribution in [0.15, 0.2) is 77.7 Å². The number of benzene rings is 2. The number of carbonyl (C=O) groups excluding carboxylic acids is 1. The molecule has 2 heterocycles. The maximum Gasteiger partial charge on any atom is 0.268 e. The Labute approximate surface area is 173 Å². The van der Waals surface area contributed by atoms with Gasteiger partial charge in [0.2, 0.25) is 11.7 Å². The van der Waals surface area contributed by atoms with E-state index in [1.807, 2.05) is 0 Å². The molecule has 8 heteroatoms. The average molecular weight is 422 g/mol. The van der Waals surface area contributed by atoms with Gasteiger partial charge < -0.3 is 9.47 Å². The maximum absolute atomic E-state index is 13.5. The second-order valence-electron chi connectivity index (χ2n) is 6.43. The molecule has 0 unspecified atom stereocenters. The van der Waals surface area contributed by atoms with E-state index < -0.39 is 15.8 Å². The van der Waals surface area contributed by atoms with Crippen LogP contribution >= 0.6 is 0 Å². The van der Waals surface area contributed by atoms with E-state index in [4.69, 9.17) is 9.47 Å². The highest BCUT2D eigenvalue weighted by atomic mass is 32.2. The fraction of sp³-hybridized carbons (Fsp3) is 0.0909. The van der Waals surface area contributed by atoms with Gasteiger partial charge in [-0.2, -0.15) is 0 Å². The predicted molar refractivity (Wildman–Crippen MR) is 112 cm³/mol. The minimum Gasteiger partial charge on any atom is -0.497 e. The summed E-state index contributed by atoms with van der Waals surface area (Å²) in [6, 6.07) is 19.1. The lowest BCUT2D eigenvalue weighted by atomic mass is 10.1. The highest BCUT2D eigenvalue weighted by Crippen LogP contribution is 2.28. The minimum absolute atomic E-state index is 0.0251. The van der Waals surface area contributed by atoms with Crippen LogP contribution < -0.4 is 9.47 Å². The second-order valence-corrected chi connectivity index (χ2v) is 8.22. The number of methoxy groups -OCH3 is 2. The van der Waals surface area contributed by atoms with Gasteiger partial charge in [-0.25, -0.2) is 17.4 Å². The average Bonchev–Trinajstić information content (AvgIpc) is 3.18. The molecule has 4 rings (SSSR count). The first kappa shape index (κ1) is 19.7. The summed E-state index contributed by atoms with van der Waals surface area (Å²) < 4.78 is 38.3. The fourth-order valence-corrected chi connectivity index (χ4v) is 4.70. The number of carbonyl (C=O) groups is 1. The van der Waals surface area contributed by atoms with Gasteiger partial charge in [0.15, 0.2) is 0 Å². The van der Waals surface area contributed by atoms with Crippen LogP contribution in [0, 0.1) is 0 Å². The van der Waals surface area contributed by atoms with Gasteiger partial charge in [-0.3, -0.25) is 4.79 Å². The summed E-state index contributed by atoms with van der Waals surface area (Å²) in [6.45, 7) is 0. The SMILES string of the molecule is COc1cccc(C(=O)c2cc3nc(OC)ccc3n2S(=O)(=O)c2ccccc2)c1. The molecule has 30 heavy (non-hydrogen) atoms. The number of fused-ring (bicyclic) bond motifs is 1. The van der Waals surface area contributed by atoms with Crippen LogP contribution in [0.2, 0.25) is 0 Å². The van der Waals surface area contributed by atoms with Crippen LogP contribution in [0.5, 0.6) is 11.6 Å². The van der Waals surface area contributed by atoms with Crippen LogP contribution in [-0.2, 0) is 10.0 Å². The quantitative estimate of drug-likeness (QED) is 0.442. The van der Waals surface area contributed by atoms with Gasteiger partial charge >= 0.3 is 0 Å². The lowest BCUT2D eigenvalue weighted by Crippen LogP contribution is -2.19. The summed E-state index contributed by atoms with van der Waals surface area (Å²) in [5, 5.41) is 0. The van der Waals surface area contributed by atoms with E-state index >= 15 is 0 Å². The molecule has 4 aromatic rings. The molecular weight excluding hydrogens is 404 g/mol. The highest BCUT2D eigenvalue weighted by molar-refractivity contribution is 7.90. The van der Waals surface area contributed by atoms with E-state index in [1.54, 1.807) is 54.6 Å². The summed E-state index contributed by atoms with van der Waals surface area (Å²) in [5.74, 6) is 0.344. The number of nitrogens with zero attached hydrogens (tertiary/aromatic N) is 2. The lowest BCUT2D eigenvalue weighted by Gasteiger charge is -2.12. The molecule has 2 aromatic carbocycles. The van der Waals surface area contributed by atoms with Crippen molar-refractivity contribution in [2.45, 2.75) is 4.90 Å². The van der Waals surface area contributed by atoms with Crippen molar-refractivity contribution in [3.05, 3.63) is 84.1 Å². The first-order valence-electron chi connectivity index (χ1n) is 9.01. The van der Waals surface area contributed by atoms with E-state index in [0.29, 0.717) is 22.7 Å². The standard InChI is InChI=1S/C22H18N2O5S/c1-28-16-8-6-7-15(13-16)22(25)20-14-18-19(11-12-21(23-18)29-2)24(20)30(26,27)17-9-4-3-5-10-17/h3-14H,1-2H3. The molecule has 0 N–H and O–H groups in total. The summed E-state index contributed by atoms with van der Waals surface area (Å²) in [7, 11) is -1.09. The Hall–Kier alpha value is -3.65. The van der Waals surface area contributed by atoms with Crippen molar-refractivity contribution >= 4 is 26.8 Å². The third-order valence-electron chi connectivity index (χ3n) is 4.64. The lowest BCUT2D eigenvalue weighted by molar-refractivity contribution is 0.103. The number of pyridine rings is 1. The monoisotopic (exact) mass is 422 g/mol. The van der Waals surface area contributed by atoms with Crippen molar-refractivity contribution in [3.8, 4) is 11.6 Å². The molecular formula is C22H18N2O5S. The van der Waals surface area contributed by atoms with Crippen molar-refractivity contribution in [1.82, 2.24) is 8.96 Å². The van der Waals surface area contributed by atoms with E-state index in [1.165, 1.54) is 32.4 Å². The topological polar surface area (TPSA) is 87.5 Å². The maximum atomic E-state index is 13.5. The van der Waals surface area contributed by atoms with Crippen LogP contribution in [0.4, 0.5) is 0 Å². The minimum atomic E-state index is -4.06. The predicted octanol–water partition coefficient (Wildman–Crippen LogP) is 3.52. The summed E-state index contributed by atoms with van der Waals surface area (Å²) in [6.07, 6.45) is 0. The van der Waals surface area contributed by atoms with Crippen molar-refractivity contribution < 1.29 is 22.7 Å². The third kappa shape index (κ3) is 3.31. The zero-order valence-electron chi connectivity index (χ0n) is 16.3. The molecule has 0 fully saturated rings. The molecule has 7 nitrogen and oxygen atoms in total. The Balaban J connectivity index is 1.99. The van der Waals surface area contributed by atoms with Crippen molar-refractivity contribution in [3.63, 3.8) is 0 Å². The van der Waals surface area contributed by atoms with Crippen LogP contribution in [0.3, 0.4) is 0 Å². The van der Waals surface area contributed by atoms with E-state index in [9.17, 15) is 13.2 Å². The summed E-state index contributed by atoms with van der Waals surface area (Å²) in [4.78, 5) is 17.7. The van der Waals surface area contributed by atoms with Crippen LogP contribution in [0.1, 0.15) is 16.1 Å². The first-order chi connectivity index (χ1) is 14.5. The Morgan fingerprint density at radius 1 is 0.900 bits per heavy atom. The van der Waals surface area contributed by atoms with Crippen LogP contribution in [0.25, 0.3) is 11.0 Å². The number of aromatic nitrogens is 2. The Morgan fingerprint density at radius 2 is 1.67 bits per heavy atom. The molecule has 2 aromatic heterocycles. The molecule has 0 atom stereocenters. The Bertz CT molecular complexity index is 1340. The van der Waals surface area contributed by atoms with Gasteiger partial charge in [0.1, 0.15) is 11.4 Å². The zero-order valence-corrected chi connectivity index (χ0v) is 17.1. The number of hydrogen-bond acceptors (Lipinski definition) is 6. The normalized spacial score (nSPS) is 11.4. The van der Waals surface area contributed by atoms with Gasteiger partial charge in [0.05, 0.1) is 30.1 Å². The molecule has 0 saturated carbocycles. The van der Waals surface area contributed by atoms with Gasteiger partial charge in [0, 0.05) is 11.6 Å². The highest BCUT2D eigenvalue weighted by Gasteiger charge is 2.27. The van der Waals surface area contributed by atoms with E-state index in [-0.39, 0.29) is 16.1 Å². The Kier molecular flexibility index (Phi) is 5.01. The molecule has 0 aliphatic rings. The molecule has 0 bridgehead atoms. The van der Waals surface area contributed by atoms with Crippen molar-refractivity contribution in [2.75, 3.05) is 14.2 Å². The number of rotatable bonds is 6. The molecule has 0 aliphatic heterocycles. The molecule has 0 saturated heterocycles. The molecule has 0 amide bonds. The molecule has 0 radical (unpaired) electrons. The van der Waals surface area contributed by atoms with Gasteiger partial charge in [-0.05, 0) is 36.4 Å². The third-order valence-corrected chi connectivity index (χ3v) is 6.39. The molecule has 152 valence electrons. The fourth-order valence-electron chi connectivity index (χ4n) is 3.19. The van der Waals surface area contributed by atoms with Crippen molar-refractivity contribution in [1.29, 1.82) is 0 Å². The van der Waals surface area contributed by atoms with Crippen molar-refractivity contribution in [2.24, 2.45) is 0 Å². The Morgan fingerprint density at radius 3 is 2.37 bits per heavy atom. The van der Waals surface area contributed by atoms with Gasteiger partial charge in [-0.15, -0.1) is 0 Å². The smallest absolute Gasteiger partial charge is 0.268 e.